The first-order valence-electron chi connectivity index (χ1n) is 14.5. The van der Waals surface area contributed by atoms with Crippen LogP contribution in [0.15, 0.2) is 48.5 Å². The molecule has 0 saturated heterocycles. The van der Waals surface area contributed by atoms with E-state index in [1.807, 2.05) is 0 Å². The lowest BCUT2D eigenvalue weighted by atomic mass is 9.93. The topological polar surface area (TPSA) is 193 Å². The van der Waals surface area contributed by atoms with Gasteiger partial charge in [-0.25, -0.2) is 4.79 Å². The van der Waals surface area contributed by atoms with E-state index in [1.54, 1.807) is 12.1 Å². The molecule has 1 heterocycles. The summed E-state index contributed by atoms with van der Waals surface area (Å²) in [7, 11) is 0. The molecule has 2 atom stereocenters. The predicted molar refractivity (Wildman–Crippen MR) is 163 cm³/mol. The molecule has 49 heavy (non-hydrogen) atoms. The van der Waals surface area contributed by atoms with Crippen molar-refractivity contribution in [2.75, 3.05) is 0 Å². The van der Waals surface area contributed by atoms with Gasteiger partial charge >= 0.3 is 41.8 Å². The van der Waals surface area contributed by atoms with Crippen LogP contribution in [0.25, 0.3) is 0 Å². The molecule has 3 aromatic rings. The van der Waals surface area contributed by atoms with E-state index >= 15 is 0 Å². The third kappa shape index (κ3) is 9.41. The lowest BCUT2D eigenvalue weighted by molar-refractivity contribution is -0.135. The predicted octanol–water partition coefficient (Wildman–Crippen LogP) is 4.14. The van der Waals surface area contributed by atoms with E-state index in [1.165, 1.54) is 45.0 Å². The zero-order valence-electron chi connectivity index (χ0n) is 27.1. The summed E-state index contributed by atoms with van der Waals surface area (Å²) in [5.41, 5.74) is 0.476. The van der Waals surface area contributed by atoms with Crippen LogP contribution in [0.1, 0.15) is 69.1 Å². The average molecular weight is 679 g/mol. The highest BCUT2D eigenvalue weighted by molar-refractivity contribution is 5.92. The Morgan fingerprint density at radius 1 is 0.571 bits per heavy atom. The summed E-state index contributed by atoms with van der Waals surface area (Å²) >= 11 is 0. The highest BCUT2D eigenvalue weighted by atomic mass is 16.6. The molecule has 3 aromatic carbocycles. The quantitative estimate of drug-likeness (QED) is 0.231. The van der Waals surface area contributed by atoms with Crippen molar-refractivity contribution < 1.29 is 71.5 Å². The van der Waals surface area contributed by atoms with Crippen molar-refractivity contribution in [3.8, 4) is 40.2 Å². The van der Waals surface area contributed by atoms with E-state index in [9.17, 15) is 33.6 Å². The van der Waals surface area contributed by atoms with Crippen LogP contribution >= 0.6 is 0 Å². The molecule has 0 aromatic heterocycles. The van der Waals surface area contributed by atoms with Crippen LogP contribution in [0.2, 0.25) is 0 Å². The minimum atomic E-state index is -1.14. The van der Waals surface area contributed by atoms with Gasteiger partial charge in [0.15, 0.2) is 17.6 Å². The van der Waals surface area contributed by atoms with Gasteiger partial charge in [-0.2, -0.15) is 0 Å². The fraction of sp³-hybridized carbons (Fsp3) is 0.265. The van der Waals surface area contributed by atoms with Gasteiger partial charge in [0.1, 0.15) is 29.1 Å². The third-order valence-corrected chi connectivity index (χ3v) is 6.39. The molecule has 15 nitrogen and oxygen atoms in total. The molecule has 1 aliphatic rings. The first kappa shape index (κ1) is 35.6. The van der Waals surface area contributed by atoms with Crippen LogP contribution in [0.4, 0.5) is 0 Å². The first-order chi connectivity index (χ1) is 23.1. The van der Waals surface area contributed by atoms with E-state index in [0.29, 0.717) is 11.1 Å². The number of esters is 7. The van der Waals surface area contributed by atoms with Gasteiger partial charge in [0.05, 0.1) is 5.56 Å². The molecular weight excluding hydrogens is 648 g/mol. The molecule has 0 saturated carbocycles. The summed E-state index contributed by atoms with van der Waals surface area (Å²) in [5.74, 6) is -6.27. The molecule has 0 amide bonds. The van der Waals surface area contributed by atoms with Crippen molar-refractivity contribution in [2.24, 2.45) is 0 Å². The van der Waals surface area contributed by atoms with Gasteiger partial charge in [-0.3, -0.25) is 28.8 Å². The van der Waals surface area contributed by atoms with Gasteiger partial charge in [0.25, 0.3) is 0 Å². The van der Waals surface area contributed by atoms with Gasteiger partial charge in [-0.15, -0.1) is 0 Å². The zero-order chi connectivity index (χ0) is 36.0. The van der Waals surface area contributed by atoms with Crippen molar-refractivity contribution in [1.29, 1.82) is 0 Å². The maximum atomic E-state index is 13.8. The lowest BCUT2D eigenvalue weighted by Crippen LogP contribution is -2.35. The highest BCUT2D eigenvalue weighted by Gasteiger charge is 2.38. The van der Waals surface area contributed by atoms with Gasteiger partial charge < -0.3 is 37.9 Å². The van der Waals surface area contributed by atoms with Crippen molar-refractivity contribution >= 4 is 41.8 Å². The molecule has 15 heteroatoms. The molecule has 0 unspecified atom stereocenters. The fourth-order valence-electron chi connectivity index (χ4n) is 4.78. The Kier molecular flexibility index (Phi) is 11.0. The Morgan fingerprint density at radius 2 is 1.06 bits per heavy atom. The summed E-state index contributed by atoms with van der Waals surface area (Å²) in [5, 5.41) is 0. The van der Waals surface area contributed by atoms with Crippen LogP contribution in [0.3, 0.4) is 0 Å². The smallest absolute Gasteiger partial charge is 0.338 e. The molecule has 256 valence electrons. The number of carbonyl (C=O) groups excluding carboxylic acids is 7. The van der Waals surface area contributed by atoms with Crippen molar-refractivity contribution in [3.05, 3.63) is 65.2 Å². The summed E-state index contributed by atoms with van der Waals surface area (Å²) in [4.78, 5) is 84.5. The second-order valence-electron chi connectivity index (χ2n) is 10.5. The lowest BCUT2D eigenvalue weighted by Gasteiger charge is -2.34. The highest BCUT2D eigenvalue weighted by Crippen LogP contribution is 2.45. The number of hydrogen-bond donors (Lipinski definition) is 0. The van der Waals surface area contributed by atoms with Crippen LogP contribution in [-0.4, -0.2) is 47.9 Å². The maximum Gasteiger partial charge on any atom is 0.338 e. The molecule has 0 fully saturated rings. The second-order valence-corrected chi connectivity index (χ2v) is 10.5. The zero-order valence-corrected chi connectivity index (χ0v) is 27.1. The van der Waals surface area contributed by atoms with Crippen LogP contribution in [0.5, 0.6) is 40.2 Å². The van der Waals surface area contributed by atoms with E-state index in [2.05, 4.69) is 0 Å². The van der Waals surface area contributed by atoms with Gasteiger partial charge in [0.2, 0.25) is 5.75 Å². The Morgan fingerprint density at radius 3 is 1.57 bits per heavy atom. The average Bonchev–Trinajstić information content (AvgIpc) is 2.97. The van der Waals surface area contributed by atoms with Gasteiger partial charge in [-0.1, -0.05) is 12.1 Å². The van der Waals surface area contributed by atoms with Gasteiger partial charge in [0, 0.05) is 65.7 Å². The number of ether oxygens (including phenoxy) is 8. The number of carbonyl (C=O) groups is 7. The monoisotopic (exact) mass is 678 g/mol. The number of benzene rings is 3. The standard InChI is InChI=1S/C34H30O15/c1-16(35)42-24-9-7-22(8-10-24)32-31(15-26-27(44-18(3)37)13-25(43-17(2)36)14-28(26)48-32)49-34(41)23-11-29(45-19(4)38)33(47-21(6)40)30(12-23)46-20(5)39/h7-14,31-32H,15H2,1-6H3/t31-,32+/m0/s1. The Balaban J connectivity index is 1.81. The first-order valence-corrected chi connectivity index (χ1v) is 14.5. The Bertz CT molecular complexity index is 1800. The summed E-state index contributed by atoms with van der Waals surface area (Å²) in [6, 6.07) is 11.0. The summed E-state index contributed by atoms with van der Waals surface area (Å²) in [6.45, 7) is 6.79. The van der Waals surface area contributed by atoms with Crippen molar-refractivity contribution in [1.82, 2.24) is 0 Å². The molecule has 0 aliphatic carbocycles. The summed E-state index contributed by atoms with van der Waals surface area (Å²) in [6.07, 6.45) is -2.28. The fourth-order valence-corrected chi connectivity index (χ4v) is 4.78. The number of fused-ring (bicyclic) bond motifs is 1. The van der Waals surface area contributed by atoms with E-state index < -0.39 is 71.2 Å². The van der Waals surface area contributed by atoms with Crippen molar-refractivity contribution in [3.63, 3.8) is 0 Å². The number of hydrogen-bond acceptors (Lipinski definition) is 15. The maximum absolute atomic E-state index is 13.8. The molecule has 4 rings (SSSR count). The van der Waals surface area contributed by atoms with Crippen LogP contribution in [0, 0.1) is 0 Å². The summed E-state index contributed by atoms with van der Waals surface area (Å²) < 4.78 is 43.3. The Hall–Kier alpha value is -6.25. The largest absolute Gasteiger partial charge is 0.481 e. The Labute approximate surface area is 278 Å². The molecule has 0 N–H and O–H groups in total. The SMILES string of the molecule is CC(=O)Oc1ccc([C@H]2Oc3cc(OC(C)=O)cc(OC(C)=O)c3C[C@@H]2OC(=O)c2cc(OC(C)=O)c(OC(C)=O)c(OC(C)=O)c2)cc1. The molecule has 1 aliphatic heterocycles. The molecule has 0 bridgehead atoms. The van der Waals surface area contributed by atoms with Crippen LogP contribution in [-0.2, 0) is 39.9 Å². The van der Waals surface area contributed by atoms with E-state index in [-0.39, 0.29) is 35.0 Å². The molecule has 0 radical (unpaired) electrons. The van der Waals surface area contributed by atoms with Crippen molar-refractivity contribution in [2.45, 2.75) is 60.2 Å². The molecule has 0 spiro atoms. The van der Waals surface area contributed by atoms with E-state index in [0.717, 1.165) is 32.9 Å². The minimum Gasteiger partial charge on any atom is -0.481 e. The minimum absolute atomic E-state index is 0.0192. The van der Waals surface area contributed by atoms with Gasteiger partial charge in [-0.05, 0) is 29.8 Å². The van der Waals surface area contributed by atoms with E-state index in [4.69, 9.17) is 37.9 Å². The molecular formula is C34H30O15. The normalized spacial score (nSPS) is 14.6. The second kappa shape index (κ2) is 15.1. The van der Waals surface area contributed by atoms with Crippen LogP contribution < -0.4 is 33.2 Å². The third-order valence-electron chi connectivity index (χ3n) is 6.39. The number of rotatable bonds is 9.